The van der Waals surface area contributed by atoms with Crippen LogP contribution in [0.4, 0.5) is 5.69 Å². The van der Waals surface area contributed by atoms with Crippen LogP contribution in [0.2, 0.25) is 0 Å². The Morgan fingerprint density at radius 1 is 1.04 bits per heavy atom. The maximum atomic E-state index is 12.3. The summed E-state index contributed by atoms with van der Waals surface area (Å²) in [6, 6.07) is 13.0. The average molecular weight is 348 g/mol. The van der Waals surface area contributed by atoms with Crippen molar-refractivity contribution in [2.24, 2.45) is 0 Å². The van der Waals surface area contributed by atoms with E-state index < -0.39 is 5.91 Å². The molecule has 0 bridgehead atoms. The van der Waals surface area contributed by atoms with Gasteiger partial charge in [-0.2, -0.15) is 0 Å². The summed E-state index contributed by atoms with van der Waals surface area (Å²) in [5, 5.41) is 2.79. The maximum absolute atomic E-state index is 12.3. The number of likely N-dealkylation sites (tertiary alicyclic amines) is 1. The lowest BCUT2D eigenvalue weighted by atomic mass is 10.1. The van der Waals surface area contributed by atoms with Gasteiger partial charge in [0.25, 0.3) is 0 Å². The average Bonchev–Trinajstić information content (AvgIpc) is 3.20. The highest BCUT2D eigenvalue weighted by Crippen LogP contribution is 2.27. The van der Waals surface area contributed by atoms with Gasteiger partial charge in [-0.15, -0.1) is 0 Å². The molecule has 3 amide bonds. The largest absolute Gasteiger partial charge is 0.324 e. The van der Waals surface area contributed by atoms with Gasteiger partial charge in [0.05, 0.1) is 11.4 Å². The molecule has 2 aromatic heterocycles. The lowest BCUT2D eigenvalue weighted by molar-refractivity contribution is -0.141. The number of pyridine rings is 1. The summed E-state index contributed by atoms with van der Waals surface area (Å²) in [4.78, 5) is 41.3. The minimum atomic E-state index is -0.412. The Morgan fingerprint density at radius 2 is 1.77 bits per heavy atom. The maximum Gasteiger partial charge on any atom is 0.244 e. The van der Waals surface area contributed by atoms with Crippen molar-refractivity contribution in [3.63, 3.8) is 0 Å². The van der Waals surface area contributed by atoms with E-state index >= 15 is 0 Å². The number of nitrogens with zero attached hydrogens (tertiary/aromatic N) is 3. The van der Waals surface area contributed by atoms with E-state index in [1.165, 1.54) is 0 Å². The monoisotopic (exact) mass is 348 g/mol. The number of imidazole rings is 1. The number of carbonyl (C=O) groups excluding carboxylic acids is 3. The number of hydrogen-bond acceptors (Lipinski definition) is 4. The number of carbonyl (C=O) groups is 3. The summed E-state index contributed by atoms with van der Waals surface area (Å²) in [7, 11) is 0. The van der Waals surface area contributed by atoms with Gasteiger partial charge in [-0.05, 0) is 18.2 Å². The molecule has 0 radical (unpaired) electrons. The van der Waals surface area contributed by atoms with E-state index in [1.807, 2.05) is 47.1 Å². The van der Waals surface area contributed by atoms with Crippen LogP contribution in [0.3, 0.4) is 0 Å². The Bertz CT molecular complexity index is 975. The fraction of sp³-hybridized carbons (Fsp3) is 0.158. The van der Waals surface area contributed by atoms with E-state index in [2.05, 4.69) is 10.3 Å². The zero-order valence-corrected chi connectivity index (χ0v) is 13.9. The molecule has 0 unspecified atom stereocenters. The molecule has 1 saturated heterocycles. The lowest BCUT2D eigenvalue weighted by Gasteiger charge is -2.14. The van der Waals surface area contributed by atoms with E-state index in [0.29, 0.717) is 5.69 Å². The number of aromatic nitrogens is 2. The van der Waals surface area contributed by atoms with Gasteiger partial charge in [0.2, 0.25) is 17.7 Å². The van der Waals surface area contributed by atoms with Crippen LogP contribution in [-0.2, 0) is 14.4 Å². The van der Waals surface area contributed by atoms with Crippen LogP contribution < -0.4 is 5.32 Å². The second-order valence-corrected chi connectivity index (χ2v) is 6.06. The molecule has 0 spiro atoms. The quantitative estimate of drug-likeness (QED) is 0.732. The molecular weight excluding hydrogens is 332 g/mol. The predicted molar refractivity (Wildman–Crippen MR) is 95.2 cm³/mol. The number of anilines is 1. The molecular formula is C19H16N4O3. The van der Waals surface area contributed by atoms with Crippen molar-refractivity contribution in [1.29, 1.82) is 0 Å². The molecule has 1 aliphatic heterocycles. The number of rotatable bonds is 4. The number of fused-ring (bicyclic) bond motifs is 1. The number of nitrogens with one attached hydrogen (secondary N) is 1. The minimum absolute atomic E-state index is 0.171. The Kier molecular flexibility index (Phi) is 3.96. The third-order valence-corrected chi connectivity index (χ3v) is 4.30. The van der Waals surface area contributed by atoms with Gasteiger partial charge in [-0.3, -0.25) is 19.3 Å². The highest BCUT2D eigenvalue weighted by atomic mass is 16.2. The predicted octanol–water partition coefficient (Wildman–Crippen LogP) is 2.09. The van der Waals surface area contributed by atoms with Crippen molar-refractivity contribution in [3.8, 4) is 11.3 Å². The first-order chi connectivity index (χ1) is 12.6. The van der Waals surface area contributed by atoms with E-state index in [1.54, 1.807) is 12.1 Å². The van der Waals surface area contributed by atoms with Crippen molar-refractivity contribution in [2.75, 3.05) is 11.9 Å². The van der Waals surface area contributed by atoms with E-state index in [9.17, 15) is 14.4 Å². The molecule has 3 heterocycles. The van der Waals surface area contributed by atoms with Crippen molar-refractivity contribution in [3.05, 3.63) is 54.9 Å². The van der Waals surface area contributed by atoms with Crippen LogP contribution in [0.25, 0.3) is 16.9 Å². The molecule has 3 aromatic rings. The standard InChI is InChI=1S/C19H16N4O3/c24-17(12-23-18(25)8-9-19(23)26)21-14-6-2-1-5-13(14)15-11-22-10-4-3-7-16(22)20-15/h1-7,10-11H,8-9,12H2,(H,21,24). The Labute approximate surface area is 149 Å². The summed E-state index contributed by atoms with van der Waals surface area (Å²) in [6.45, 7) is -0.267. The summed E-state index contributed by atoms with van der Waals surface area (Å²) in [5.74, 6) is -1.03. The third-order valence-electron chi connectivity index (χ3n) is 4.30. The Morgan fingerprint density at radius 3 is 2.54 bits per heavy atom. The van der Waals surface area contributed by atoms with E-state index in [4.69, 9.17) is 0 Å². The molecule has 1 aromatic carbocycles. The summed E-state index contributed by atoms with van der Waals surface area (Å²) >= 11 is 0. The fourth-order valence-corrected chi connectivity index (χ4v) is 3.01. The van der Waals surface area contributed by atoms with Crippen LogP contribution in [0, 0.1) is 0 Å². The second-order valence-electron chi connectivity index (χ2n) is 6.06. The van der Waals surface area contributed by atoms with Gasteiger partial charge in [-0.1, -0.05) is 24.3 Å². The van der Waals surface area contributed by atoms with Crippen molar-refractivity contribution in [2.45, 2.75) is 12.8 Å². The Balaban J connectivity index is 1.58. The van der Waals surface area contributed by atoms with Gasteiger partial charge in [0.15, 0.2) is 0 Å². The summed E-state index contributed by atoms with van der Waals surface area (Å²) in [6.07, 6.45) is 4.12. The molecule has 1 N–H and O–H groups in total. The van der Waals surface area contributed by atoms with Crippen LogP contribution in [-0.4, -0.2) is 38.6 Å². The van der Waals surface area contributed by atoms with Crippen LogP contribution in [0.5, 0.6) is 0 Å². The fourth-order valence-electron chi connectivity index (χ4n) is 3.01. The minimum Gasteiger partial charge on any atom is -0.324 e. The van der Waals surface area contributed by atoms with Crippen LogP contribution in [0.1, 0.15) is 12.8 Å². The SMILES string of the molecule is O=C(CN1C(=O)CCC1=O)Nc1ccccc1-c1cn2ccccc2n1. The molecule has 130 valence electrons. The molecule has 0 atom stereocenters. The number of para-hydroxylation sites is 1. The number of benzene rings is 1. The number of hydrogen-bond donors (Lipinski definition) is 1. The van der Waals surface area contributed by atoms with Gasteiger partial charge < -0.3 is 9.72 Å². The normalized spacial score (nSPS) is 14.2. The topological polar surface area (TPSA) is 83.8 Å². The van der Waals surface area contributed by atoms with Crippen LogP contribution >= 0.6 is 0 Å². The molecule has 7 heteroatoms. The molecule has 0 saturated carbocycles. The van der Waals surface area contributed by atoms with Crippen LogP contribution in [0.15, 0.2) is 54.9 Å². The van der Waals surface area contributed by atoms with Crippen molar-refractivity contribution >= 4 is 29.1 Å². The highest BCUT2D eigenvalue weighted by molar-refractivity contribution is 6.06. The smallest absolute Gasteiger partial charge is 0.244 e. The van der Waals surface area contributed by atoms with Gasteiger partial charge in [0, 0.05) is 30.8 Å². The van der Waals surface area contributed by atoms with E-state index in [-0.39, 0.29) is 31.2 Å². The second kappa shape index (κ2) is 6.44. The van der Waals surface area contributed by atoms with Crippen molar-refractivity contribution in [1.82, 2.24) is 14.3 Å². The van der Waals surface area contributed by atoms with Gasteiger partial charge in [-0.25, -0.2) is 4.98 Å². The molecule has 0 aliphatic carbocycles. The molecule has 1 aliphatic rings. The lowest BCUT2D eigenvalue weighted by Crippen LogP contribution is -2.36. The molecule has 26 heavy (non-hydrogen) atoms. The third kappa shape index (κ3) is 2.95. The first-order valence-corrected chi connectivity index (χ1v) is 8.28. The summed E-state index contributed by atoms with van der Waals surface area (Å²) < 4.78 is 1.90. The highest BCUT2D eigenvalue weighted by Gasteiger charge is 2.30. The zero-order valence-electron chi connectivity index (χ0n) is 13.9. The van der Waals surface area contributed by atoms with E-state index in [0.717, 1.165) is 21.8 Å². The van der Waals surface area contributed by atoms with Gasteiger partial charge in [0.1, 0.15) is 12.2 Å². The van der Waals surface area contributed by atoms with Gasteiger partial charge >= 0.3 is 0 Å². The summed E-state index contributed by atoms with van der Waals surface area (Å²) in [5.41, 5.74) is 2.88. The van der Waals surface area contributed by atoms with Crippen molar-refractivity contribution < 1.29 is 14.4 Å². The molecule has 4 rings (SSSR count). The number of amides is 3. The number of imide groups is 1. The molecule has 7 nitrogen and oxygen atoms in total. The Hall–Kier alpha value is -3.48. The molecule has 1 fully saturated rings. The zero-order chi connectivity index (χ0) is 18.1. The first kappa shape index (κ1) is 16.0. The first-order valence-electron chi connectivity index (χ1n) is 8.28.